The first-order valence-electron chi connectivity index (χ1n) is 4.71. The van der Waals surface area contributed by atoms with Gasteiger partial charge >= 0.3 is 0 Å². The zero-order valence-electron chi connectivity index (χ0n) is 9.64. The van der Waals surface area contributed by atoms with E-state index < -0.39 is 0 Å². The number of rotatable bonds is 2. The van der Waals surface area contributed by atoms with Crippen molar-refractivity contribution in [3.63, 3.8) is 0 Å². The quantitative estimate of drug-likeness (QED) is 0.475. The van der Waals surface area contributed by atoms with Crippen molar-refractivity contribution in [2.24, 2.45) is 10.4 Å². The van der Waals surface area contributed by atoms with Gasteiger partial charge in [-0.05, 0) is 13.3 Å². The highest BCUT2D eigenvalue weighted by Gasteiger charge is 2.19. The standard InChI is InChI=1S/C11H21NO/c1-7-8-9(2)12-10(13-6)11(3,4)5/h8H,7H2,1-6H3/b9-8-,12-10?. The number of hydrogen-bond donors (Lipinski definition) is 0. The number of aliphatic imine (C=N–C) groups is 1. The van der Waals surface area contributed by atoms with Crippen molar-refractivity contribution in [3.05, 3.63) is 11.8 Å². The minimum atomic E-state index is -0.0163. The second-order valence-corrected chi connectivity index (χ2v) is 4.12. The van der Waals surface area contributed by atoms with Crippen LogP contribution in [0.2, 0.25) is 0 Å². The lowest BCUT2D eigenvalue weighted by Gasteiger charge is -2.19. The van der Waals surface area contributed by atoms with E-state index in [1.165, 1.54) is 0 Å². The molecule has 0 heterocycles. The monoisotopic (exact) mass is 183 g/mol. The predicted molar refractivity (Wildman–Crippen MR) is 57.9 cm³/mol. The van der Waals surface area contributed by atoms with Crippen LogP contribution in [0.4, 0.5) is 0 Å². The van der Waals surface area contributed by atoms with E-state index >= 15 is 0 Å². The van der Waals surface area contributed by atoms with E-state index in [2.05, 4.69) is 38.8 Å². The maximum absolute atomic E-state index is 5.24. The summed E-state index contributed by atoms with van der Waals surface area (Å²) < 4.78 is 5.24. The van der Waals surface area contributed by atoms with Gasteiger partial charge in [-0.1, -0.05) is 33.8 Å². The van der Waals surface area contributed by atoms with Crippen molar-refractivity contribution in [1.82, 2.24) is 0 Å². The minimum absolute atomic E-state index is 0.0163. The van der Waals surface area contributed by atoms with E-state index in [1.807, 2.05) is 6.92 Å². The third-order valence-corrected chi connectivity index (χ3v) is 1.61. The van der Waals surface area contributed by atoms with Gasteiger partial charge in [0.2, 0.25) is 0 Å². The van der Waals surface area contributed by atoms with Crippen LogP contribution in [-0.4, -0.2) is 13.0 Å². The molecular weight excluding hydrogens is 162 g/mol. The smallest absolute Gasteiger partial charge is 0.193 e. The van der Waals surface area contributed by atoms with Gasteiger partial charge in [-0.2, -0.15) is 0 Å². The summed E-state index contributed by atoms with van der Waals surface area (Å²) >= 11 is 0. The number of nitrogens with zero attached hydrogens (tertiary/aromatic N) is 1. The Balaban J connectivity index is 4.67. The zero-order valence-corrected chi connectivity index (χ0v) is 9.64. The van der Waals surface area contributed by atoms with E-state index in [9.17, 15) is 0 Å². The highest BCUT2D eigenvalue weighted by Crippen LogP contribution is 2.18. The van der Waals surface area contributed by atoms with Gasteiger partial charge in [0.05, 0.1) is 7.11 Å². The second-order valence-electron chi connectivity index (χ2n) is 4.12. The molecule has 0 radical (unpaired) electrons. The molecule has 2 nitrogen and oxygen atoms in total. The predicted octanol–water partition coefficient (Wildman–Crippen LogP) is 3.39. The van der Waals surface area contributed by atoms with Gasteiger partial charge in [0.15, 0.2) is 5.90 Å². The topological polar surface area (TPSA) is 21.6 Å². The Morgan fingerprint density at radius 3 is 2.23 bits per heavy atom. The molecule has 0 N–H and O–H groups in total. The van der Waals surface area contributed by atoms with Crippen LogP contribution in [0.1, 0.15) is 41.0 Å². The molecule has 0 spiro atoms. The highest BCUT2D eigenvalue weighted by atomic mass is 16.5. The fraction of sp³-hybridized carbons (Fsp3) is 0.727. The maximum atomic E-state index is 5.24. The van der Waals surface area contributed by atoms with Crippen molar-refractivity contribution >= 4 is 5.90 Å². The number of allylic oxidation sites excluding steroid dienone is 2. The number of methoxy groups -OCH3 is 1. The first kappa shape index (κ1) is 12.2. The average Bonchev–Trinajstić information content (AvgIpc) is 1.98. The summed E-state index contributed by atoms with van der Waals surface area (Å²) in [4.78, 5) is 4.41. The molecule has 2 heteroatoms. The van der Waals surface area contributed by atoms with Crippen LogP contribution in [0.15, 0.2) is 16.8 Å². The average molecular weight is 183 g/mol. The molecule has 0 aromatic heterocycles. The lowest BCUT2D eigenvalue weighted by Crippen LogP contribution is -2.22. The van der Waals surface area contributed by atoms with Crippen LogP contribution in [-0.2, 0) is 4.74 Å². The largest absolute Gasteiger partial charge is 0.484 e. The Labute approximate surface area is 81.7 Å². The minimum Gasteiger partial charge on any atom is -0.484 e. The molecule has 0 saturated heterocycles. The summed E-state index contributed by atoms with van der Waals surface area (Å²) in [7, 11) is 1.67. The van der Waals surface area contributed by atoms with Crippen LogP contribution in [0.25, 0.3) is 0 Å². The summed E-state index contributed by atoms with van der Waals surface area (Å²) in [6, 6.07) is 0. The molecule has 0 aliphatic rings. The molecule has 76 valence electrons. The van der Waals surface area contributed by atoms with Crippen molar-refractivity contribution in [1.29, 1.82) is 0 Å². The van der Waals surface area contributed by atoms with Crippen molar-refractivity contribution in [2.45, 2.75) is 41.0 Å². The van der Waals surface area contributed by atoms with E-state index in [1.54, 1.807) is 7.11 Å². The van der Waals surface area contributed by atoms with E-state index in [4.69, 9.17) is 4.74 Å². The highest BCUT2D eigenvalue weighted by molar-refractivity contribution is 5.82. The molecule has 0 atom stereocenters. The van der Waals surface area contributed by atoms with E-state index in [-0.39, 0.29) is 5.41 Å². The molecule has 0 aliphatic heterocycles. The van der Waals surface area contributed by atoms with Crippen LogP contribution in [0.5, 0.6) is 0 Å². The summed E-state index contributed by atoms with van der Waals surface area (Å²) in [5.74, 6) is 0.787. The molecule has 0 saturated carbocycles. The van der Waals surface area contributed by atoms with E-state index in [0.29, 0.717) is 0 Å². The number of hydrogen-bond acceptors (Lipinski definition) is 2. The molecule has 0 aromatic rings. The fourth-order valence-electron chi connectivity index (χ4n) is 1.02. The van der Waals surface area contributed by atoms with Gasteiger partial charge in [-0.25, -0.2) is 4.99 Å². The molecular formula is C11H21NO. The summed E-state index contributed by atoms with van der Waals surface area (Å²) in [5.41, 5.74) is 1.01. The Kier molecular flexibility index (Phi) is 4.74. The SMILES string of the molecule is CC/C=C(/C)N=C(OC)C(C)(C)C. The Bertz CT molecular complexity index is 209. The number of ether oxygens (including phenoxy) is 1. The van der Waals surface area contributed by atoms with Gasteiger partial charge in [-0.3, -0.25) is 0 Å². The molecule has 0 rings (SSSR count). The third-order valence-electron chi connectivity index (χ3n) is 1.61. The first-order valence-corrected chi connectivity index (χ1v) is 4.71. The Hall–Kier alpha value is -0.790. The molecule has 0 unspecified atom stereocenters. The fourth-order valence-corrected chi connectivity index (χ4v) is 1.02. The van der Waals surface area contributed by atoms with Gasteiger partial charge in [0.25, 0.3) is 0 Å². The second kappa shape index (κ2) is 5.05. The van der Waals surface area contributed by atoms with Crippen LogP contribution in [0, 0.1) is 5.41 Å². The van der Waals surface area contributed by atoms with Gasteiger partial charge in [0, 0.05) is 11.1 Å². The maximum Gasteiger partial charge on any atom is 0.193 e. The summed E-state index contributed by atoms with van der Waals surface area (Å²) in [6.07, 6.45) is 3.10. The Morgan fingerprint density at radius 1 is 1.38 bits per heavy atom. The van der Waals surface area contributed by atoms with Gasteiger partial charge in [-0.15, -0.1) is 0 Å². The van der Waals surface area contributed by atoms with Crippen LogP contribution in [0.3, 0.4) is 0 Å². The zero-order chi connectivity index (χ0) is 10.5. The van der Waals surface area contributed by atoms with Crippen molar-refractivity contribution < 1.29 is 4.74 Å². The summed E-state index contributed by atoms with van der Waals surface area (Å²) in [6.45, 7) is 10.4. The van der Waals surface area contributed by atoms with Gasteiger partial charge in [0.1, 0.15) is 0 Å². The molecule has 0 aromatic carbocycles. The molecule has 0 aliphatic carbocycles. The van der Waals surface area contributed by atoms with Gasteiger partial charge < -0.3 is 4.74 Å². The summed E-state index contributed by atoms with van der Waals surface area (Å²) in [5, 5.41) is 0. The van der Waals surface area contributed by atoms with Crippen molar-refractivity contribution in [2.75, 3.05) is 7.11 Å². The first-order chi connectivity index (χ1) is 5.91. The molecule has 0 fully saturated rings. The van der Waals surface area contributed by atoms with Crippen LogP contribution >= 0.6 is 0 Å². The lowest BCUT2D eigenvalue weighted by atomic mass is 9.96. The van der Waals surface area contributed by atoms with Crippen LogP contribution < -0.4 is 0 Å². The molecule has 0 amide bonds. The molecule has 0 bridgehead atoms. The van der Waals surface area contributed by atoms with E-state index in [0.717, 1.165) is 18.0 Å². The normalized spacial score (nSPS) is 14.6. The van der Waals surface area contributed by atoms with Crippen molar-refractivity contribution in [3.8, 4) is 0 Å². The molecule has 13 heavy (non-hydrogen) atoms. The third kappa shape index (κ3) is 4.71. The lowest BCUT2D eigenvalue weighted by molar-refractivity contribution is 0.336. The Morgan fingerprint density at radius 2 is 1.92 bits per heavy atom.